The van der Waals surface area contributed by atoms with Gasteiger partial charge in [-0.1, -0.05) is 24.3 Å². The van der Waals surface area contributed by atoms with Gasteiger partial charge in [0.15, 0.2) is 0 Å². The summed E-state index contributed by atoms with van der Waals surface area (Å²) in [6.45, 7) is 1.50. The van der Waals surface area contributed by atoms with E-state index < -0.39 is 5.97 Å². The van der Waals surface area contributed by atoms with Gasteiger partial charge in [-0.3, -0.25) is 9.59 Å². The molecule has 3 aliphatic rings. The van der Waals surface area contributed by atoms with E-state index in [-0.39, 0.29) is 23.2 Å². The van der Waals surface area contributed by atoms with Crippen LogP contribution in [-0.4, -0.2) is 28.4 Å². The van der Waals surface area contributed by atoms with Gasteiger partial charge in [0.1, 0.15) is 0 Å². The second kappa shape index (κ2) is 4.83. The van der Waals surface area contributed by atoms with Crippen LogP contribution >= 0.6 is 0 Å². The van der Waals surface area contributed by atoms with Crippen molar-refractivity contribution in [3.8, 4) is 0 Å². The molecule has 1 N–H and O–H groups in total. The summed E-state index contributed by atoms with van der Waals surface area (Å²) >= 11 is 0. The summed E-state index contributed by atoms with van der Waals surface area (Å²) in [5.74, 6) is -1.01. The van der Waals surface area contributed by atoms with Crippen LogP contribution in [0.2, 0.25) is 0 Å². The highest BCUT2D eigenvalue weighted by Crippen LogP contribution is 2.52. The van der Waals surface area contributed by atoms with Crippen LogP contribution in [0.1, 0.15) is 43.2 Å². The molecule has 2 atom stereocenters. The standard InChI is InChI=1S/C18H21NO3/c20-16(12-5-6-13(9-12)17(21)22)19-10-14-3-1-2-4-15(14)18(11-19)7-8-18/h1-4,12-13H,5-11H2,(H,21,22)/t12-,13+/m0/s1. The summed E-state index contributed by atoms with van der Waals surface area (Å²) in [7, 11) is 0. The predicted octanol–water partition coefficient (Wildman–Crippen LogP) is 2.56. The number of hydrogen-bond donors (Lipinski definition) is 1. The second-order valence-corrected chi connectivity index (χ2v) is 7.18. The fraction of sp³-hybridized carbons (Fsp3) is 0.556. The Morgan fingerprint density at radius 3 is 2.55 bits per heavy atom. The molecule has 2 saturated carbocycles. The van der Waals surface area contributed by atoms with Crippen LogP contribution in [0.4, 0.5) is 0 Å². The number of amides is 1. The Morgan fingerprint density at radius 2 is 1.86 bits per heavy atom. The maximum Gasteiger partial charge on any atom is 0.306 e. The molecule has 22 heavy (non-hydrogen) atoms. The minimum absolute atomic E-state index is 0.0952. The molecule has 4 nitrogen and oxygen atoms in total. The summed E-state index contributed by atoms with van der Waals surface area (Å²) in [5, 5.41) is 9.12. The van der Waals surface area contributed by atoms with E-state index in [1.807, 2.05) is 11.0 Å². The SMILES string of the molecule is O=C(O)[C@@H]1CC[C@H](C(=O)N2Cc3ccccc3C3(CC3)C2)C1. The van der Waals surface area contributed by atoms with Gasteiger partial charge in [-0.25, -0.2) is 0 Å². The molecule has 0 unspecified atom stereocenters. The Kier molecular flexibility index (Phi) is 3.03. The number of carboxylic acid groups (broad SMARTS) is 1. The smallest absolute Gasteiger partial charge is 0.306 e. The monoisotopic (exact) mass is 299 g/mol. The van der Waals surface area contributed by atoms with Crippen molar-refractivity contribution in [3.63, 3.8) is 0 Å². The molecule has 2 fully saturated rings. The number of rotatable bonds is 2. The van der Waals surface area contributed by atoms with Gasteiger partial charge in [0.25, 0.3) is 0 Å². The first-order valence-electron chi connectivity index (χ1n) is 8.19. The quantitative estimate of drug-likeness (QED) is 0.913. The van der Waals surface area contributed by atoms with Gasteiger partial charge in [-0.15, -0.1) is 0 Å². The highest BCUT2D eigenvalue weighted by Gasteiger charge is 2.50. The molecule has 1 aromatic rings. The average molecular weight is 299 g/mol. The topological polar surface area (TPSA) is 57.6 Å². The number of carbonyl (C=O) groups is 2. The van der Waals surface area contributed by atoms with Crippen LogP contribution in [0.5, 0.6) is 0 Å². The van der Waals surface area contributed by atoms with Crippen LogP contribution in [0.25, 0.3) is 0 Å². The van der Waals surface area contributed by atoms with E-state index in [2.05, 4.69) is 18.2 Å². The van der Waals surface area contributed by atoms with Crippen LogP contribution in [0.3, 0.4) is 0 Å². The first-order chi connectivity index (χ1) is 10.6. The zero-order chi connectivity index (χ0) is 15.3. The van der Waals surface area contributed by atoms with Crippen molar-refractivity contribution in [2.75, 3.05) is 6.54 Å². The molecule has 1 aromatic carbocycles. The van der Waals surface area contributed by atoms with E-state index in [9.17, 15) is 9.59 Å². The van der Waals surface area contributed by atoms with Gasteiger partial charge in [-0.2, -0.15) is 0 Å². The van der Waals surface area contributed by atoms with Crippen molar-refractivity contribution in [1.82, 2.24) is 4.90 Å². The zero-order valence-electron chi connectivity index (χ0n) is 12.6. The minimum atomic E-state index is -0.752. The van der Waals surface area contributed by atoms with Crippen molar-refractivity contribution >= 4 is 11.9 Å². The number of carboxylic acids is 1. The van der Waals surface area contributed by atoms with Gasteiger partial charge in [-0.05, 0) is 43.2 Å². The molecule has 1 amide bonds. The molecule has 4 rings (SSSR count). The molecule has 1 heterocycles. The summed E-state index contributed by atoms with van der Waals surface area (Å²) in [4.78, 5) is 25.9. The van der Waals surface area contributed by atoms with E-state index in [0.717, 1.165) is 25.8 Å². The Hall–Kier alpha value is -1.84. The normalized spacial score (nSPS) is 28.5. The fourth-order valence-electron chi connectivity index (χ4n) is 4.31. The predicted molar refractivity (Wildman–Crippen MR) is 81.2 cm³/mol. The Balaban J connectivity index is 1.53. The van der Waals surface area contributed by atoms with Crippen LogP contribution in [0, 0.1) is 11.8 Å². The van der Waals surface area contributed by atoms with E-state index >= 15 is 0 Å². The molecule has 116 valence electrons. The number of aliphatic carboxylic acids is 1. The summed E-state index contributed by atoms with van der Waals surface area (Å²) < 4.78 is 0. The number of benzene rings is 1. The van der Waals surface area contributed by atoms with E-state index in [1.54, 1.807) is 0 Å². The first-order valence-corrected chi connectivity index (χ1v) is 8.19. The molecule has 2 aliphatic carbocycles. The van der Waals surface area contributed by atoms with Gasteiger partial charge >= 0.3 is 5.97 Å². The molecule has 4 heteroatoms. The van der Waals surface area contributed by atoms with Gasteiger partial charge < -0.3 is 10.0 Å². The Morgan fingerprint density at radius 1 is 1.14 bits per heavy atom. The molecule has 1 spiro atoms. The lowest BCUT2D eigenvalue weighted by molar-refractivity contribution is -0.142. The minimum Gasteiger partial charge on any atom is -0.481 e. The summed E-state index contributed by atoms with van der Waals surface area (Å²) in [6, 6.07) is 8.47. The lowest BCUT2D eigenvalue weighted by Gasteiger charge is -2.36. The van der Waals surface area contributed by atoms with Crippen molar-refractivity contribution in [3.05, 3.63) is 35.4 Å². The average Bonchev–Trinajstić information content (AvgIpc) is 3.11. The lowest BCUT2D eigenvalue weighted by Crippen LogP contribution is -2.44. The molecular formula is C18H21NO3. The third-order valence-electron chi connectivity index (χ3n) is 5.74. The third kappa shape index (κ3) is 2.13. The summed E-state index contributed by atoms with van der Waals surface area (Å²) in [6.07, 6.45) is 4.20. The second-order valence-electron chi connectivity index (χ2n) is 7.18. The molecule has 1 aliphatic heterocycles. The number of carbonyl (C=O) groups excluding carboxylic acids is 1. The van der Waals surface area contributed by atoms with Crippen LogP contribution in [-0.2, 0) is 21.5 Å². The fourth-order valence-corrected chi connectivity index (χ4v) is 4.31. The molecular weight excluding hydrogens is 278 g/mol. The lowest BCUT2D eigenvalue weighted by atomic mass is 9.86. The van der Waals surface area contributed by atoms with Gasteiger partial charge in [0, 0.05) is 24.4 Å². The highest BCUT2D eigenvalue weighted by atomic mass is 16.4. The van der Waals surface area contributed by atoms with Crippen molar-refractivity contribution in [2.45, 2.75) is 44.1 Å². The Bertz CT molecular complexity index is 635. The Labute approximate surface area is 130 Å². The molecule has 0 bridgehead atoms. The summed E-state index contributed by atoms with van der Waals surface area (Å²) in [5.41, 5.74) is 2.89. The first kappa shape index (κ1) is 13.8. The number of hydrogen-bond acceptors (Lipinski definition) is 2. The van der Waals surface area contributed by atoms with Crippen molar-refractivity contribution in [1.29, 1.82) is 0 Å². The third-order valence-corrected chi connectivity index (χ3v) is 5.74. The molecule has 0 radical (unpaired) electrons. The van der Waals surface area contributed by atoms with Gasteiger partial charge in [0.2, 0.25) is 5.91 Å². The molecule has 0 saturated heterocycles. The van der Waals surface area contributed by atoms with E-state index in [0.29, 0.717) is 19.4 Å². The largest absolute Gasteiger partial charge is 0.481 e. The maximum atomic E-state index is 12.8. The van der Waals surface area contributed by atoms with Crippen molar-refractivity contribution < 1.29 is 14.7 Å². The van der Waals surface area contributed by atoms with Crippen LogP contribution < -0.4 is 0 Å². The zero-order valence-corrected chi connectivity index (χ0v) is 12.6. The number of nitrogens with zero attached hydrogens (tertiary/aromatic N) is 1. The maximum absolute atomic E-state index is 12.8. The van der Waals surface area contributed by atoms with Crippen LogP contribution in [0.15, 0.2) is 24.3 Å². The highest BCUT2D eigenvalue weighted by molar-refractivity contribution is 5.81. The number of fused-ring (bicyclic) bond motifs is 2. The van der Waals surface area contributed by atoms with E-state index in [1.165, 1.54) is 11.1 Å². The van der Waals surface area contributed by atoms with Gasteiger partial charge in [0.05, 0.1) is 5.92 Å². The molecule has 0 aromatic heterocycles. The van der Waals surface area contributed by atoms with Crippen molar-refractivity contribution in [2.24, 2.45) is 11.8 Å². The van der Waals surface area contributed by atoms with E-state index in [4.69, 9.17) is 5.11 Å².